The Morgan fingerprint density at radius 2 is 1.96 bits per heavy atom. The van der Waals surface area contributed by atoms with Gasteiger partial charge in [0.15, 0.2) is 0 Å². The Kier molecular flexibility index (Phi) is 5.60. The second-order valence-electron chi connectivity index (χ2n) is 7.23. The number of aromatic nitrogens is 1. The second-order valence-corrected chi connectivity index (χ2v) is 7.23. The van der Waals surface area contributed by atoms with Crippen molar-refractivity contribution < 1.29 is 9.59 Å². The van der Waals surface area contributed by atoms with Crippen LogP contribution in [0.25, 0.3) is 10.9 Å². The van der Waals surface area contributed by atoms with Gasteiger partial charge in [0.1, 0.15) is 0 Å². The van der Waals surface area contributed by atoms with Crippen LogP contribution >= 0.6 is 0 Å². The molecule has 1 aliphatic heterocycles. The van der Waals surface area contributed by atoms with Crippen LogP contribution in [0.4, 0.5) is 0 Å². The van der Waals surface area contributed by atoms with Gasteiger partial charge in [0.25, 0.3) is 5.91 Å². The van der Waals surface area contributed by atoms with Gasteiger partial charge < -0.3 is 15.6 Å². The number of nitrogens with zero attached hydrogens (tertiary/aromatic N) is 1. The number of carbonyl (C=O) groups is 2. The van der Waals surface area contributed by atoms with Crippen LogP contribution in [0.2, 0.25) is 0 Å². The van der Waals surface area contributed by atoms with E-state index in [1.54, 1.807) is 7.05 Å². The first-order valence-corrected chi connectivity index (χ1v) is 9.23. The smallest absolute Gasteiger partial charge is 0.252 e. The van der Waals surface area contributed by atoms with Crippen molar-refractivity contribution in [2.45, 2.75) is 38.3 Å². The molecule has 1 aromatic heterocycles. The predicted octanol–water partition coefficient (Wildman–Crippen LogP) is 1.17. The Morgan fingerprint density at radius 1 is 1.22 bits per heavy atom. The minimum Gasteiger partial charge on any atom is -0.359 e. The number of likely N-dealkylation sites (tertiary alicyclic amines) is 1. The highest BCUT2D eigenvalue weighted by molar-refractivity contribution is 6.06. The fraction of sp³-hybridized carbons (Fsp3) is 0.450. The highest BCUT2D eigenvalue weighted by Gasteiger charge is 2.31. The third-order valence-electron chi connectivity index (χ3n) is 5.43. The number of pyridine rings is 1. The van der Waals surface area contributed by atoms with Crippen LogP contribution < -0.4 is 16.2 Å². The number of fused-ring (bicyclic) bond motifs is 1. The number of hydrogen-bond donors (Lipinski definition) is 3. The maximum Gasteiger partial charge on any atom is 0.252 e. The van der Waals surface area contributed by atoms with E-state index >= 15 is 0 Å². The van der Waals surface area contributed by atoms with Crippen molar-refractivity contribution in [1.82, 2.24) is 20.5 Å². The average molecular weight is 370 g/mol. The molecule has 2 amide bonds. The predicted molar refractivity (Wildman–Crippen MR) is 105 cm³/mol. The van der Waals surface area contributed by atoms with E-state index in [1.807, 2.05) is 32.2 Å². The van der Waals surface area contributed by atoms with Crippen LogP contribution in [-0.2, 0) is 4.79 Å². The Morgan fingerprint density at radius 3 is 2.70 bits per heavy atom. The Bertz CT molecular complexity index is 921. The van der Waals surface area contributed by atoms with Crippen molar-refractivity contribution in [2.24, 2.45) is 0 Å². The molecule has 0 unspecified atom stereocenters. The van der Waals surface area contributed by atoms with E-state index in [2.05, 4.69) is 20.5 Å². The van der Waals surface area contributed by atoms with E-state index in [9.17, 15) is 14.4 Å². The number of hydrogen-bond acceptors (Lipinski definition) is 4. The van der Waals surface area contributed by atoms with Gasteiger partial charge in [-0.15, -0.1) is 0 Å². The van der Waals surface area contributed by atoms with Crippen LogP contribution in [0.1, 0.15) is 35.2 Å². The molecule has 0 spiro atoms. The minimum absolute atomic E-state index is 0.0295. The van der Waals surface area contributed by atoms with Gasteiger partial charge in [0, 0.05) is 49.1 Å². The molecule has 1 aromatic carbocycles. The molecule has 3 rings (SSSR count). The SMILES string of the molecule is CNC(=O)C[C@H]1CC[C@@H](CNC(=O)c2cc(=O)[nH]c3ccc(C)cc23)N1C. The maximum atomic E-state index is 12.7. The third-order valence-corrected chi connectivity index (χ3v) is 5.43. The van der Waals surface area contributed by atoms with E-state index < -0.39 is 0 Å². The third kappa shape index (κ3) is 4.19. The van der Waals surface area contributed by atoms with Gasteiger partial charge >= 0.3 is 0 Å². The summed E-state index contributed by atoms with van der Waals surface area (Å²) in [6.45, 7) is 2.44. The molecule has 1 fully saturated rings. The molecule has 0 radical (unpaired) electrons. The van der Waals surface area contributed by atoms with Crippen molar-refractivity contribution in [3.05, 3.63) is 45.7 Å². The minimum atomic E-state index is -0.292. The summed E-state index contributed by atoms with van der Waals surface area (Å²) in [6, 6.07) is 7.34. The Hall–Kier alpha value is -2.67. The summed E-state index contributed by atoms with van der Waals surface area (Å²) in [6.07, 6.45) is 2.32. The fourth-order valence-electron chi connectivity index (χ4n) is 3.76. The van der Waals surface area contributed by atoms with Crippen LogP contribution in [0.3, 0.4) is 0 Å². The van der Waals surface area contributed by atoms with Crippen molar-refractivity contribution in [3.8, 4) is 0 Å². The quantitative estimate of drug-likeness (QED) is 0.736. The number of aromatic amines is 1. The normalized spacial score (nSPS) is 20.0. The number of benzene rings is 1. The lowest BCUT2D eigenvalue weighted by Gasteiger charge is -2.25. The number of likely N-dealkylation sites (N-methyl/N-ethyl adjacent to an activating group) is 1. The molecular weight excluding hydrogens is 344 g/mol. The molecular formula is C20H26N4O3. The van der Waals surface area contributed by atoms with Gasteiger partial charge in [-0.05, 0) is 38.9 Å². The summed E-state index contributed by atoms with van der Waals surface area (Å²) in [5, 5.41) is 6.36. The van der Waals surface area contributed by atoms with Gasteiger partial charge in [0.2, 0.25) is 11.5 Å². The van der Waals surface area contributed by atoms with E-state index in [0.29, 0.717) is 24.0 Å². The van der Waals surface area contributed by atoms with Crippen LogP contribution in [-0.4, -0.2) is 54.4 Å². The summed E-state index contributed by atoms with van der Waals surface area (Å²) >= 11 is 0. The largest absolute Gasteiger partial charge is 0.359 e. The van der Waals surface area contributed by atoms with Gasteiger partial charge in [-0.2, -0.15) is 0 Å². The monoisotopic (exact) mass is 370 g/mol. The number of aryl methyl sites for hydroxylation is 1. The fourth-order valence-corrected chi connectivity index (χ4v) is 3.76. The van der Waals surface area contributed by atoms with Gasteiger partial charge in [0.05, 0.1) is 5.56 Å². The standard InChI is InChI=1S/C20H26N4O3/c1-12-4-7-17-15(8-12)16(10-19(26)23-17)20(27)22-11-14-6-5-13(24(14)3)9-18(25)21-2/h4,7-8,10,13-14H,5-6,9,11H2,1-3H3,(H,21,25)(H,22,27)(H,23,26)/t13-,14+/m1/s1. The lowest BCUT2D eigenvalue weighted by atomic mass is 10.1. The van der Waals surface area contributed by atoms with Crippen LogP contribution in [0, 0.1) is 6.92 Å². The number of carbonyl (C=O) groups excluding carboxylic acids is 2. The van der Waals surface area contributed by atoms with Gasteiger partial charge in [-0.1, -0.05) is 11.6 Å². The first-order chi connectivity index (χ1) is 12.9. The van der Waals surface area contributed by atoms with Crippen molar-refractivity contribution in [2.75, 3.05) is 20.6 Å². The van der Waals surface area contributed by atoms with Gasteiger partial charge in [-0.3, -0.25) is 19.3 Å². The lowest BCUT2D eigenvalue weighted by Crippen LogP contribution is -2.42. The maximum absolute atomic E-state index is 12.7. The number of nitrogens with one attached hydrogen (secondary N) is 3. The van der Waals surface area contributed by atoms with E-state index in [0.717, 1.165) is 23.8 Å². The zero-order chi connectivity index (χ0) is 19.6. The molecule has 0 saturated carbocycles. The molecule has 7 nitrogen and oxygen atoms in total. The number of rotatable bonds is 5. The zero-order valence-electron chi connectivity index (χ0n) is 16.0. The van der Waals surface area contributed by atoms with E-state index in [-0.39, 0.29) is 29.5 Å². The lowest BCUT2D eigenvalue weighted by molar-refractivity contribution is -0.121. The first kappa shape index (κ1) is 19.1. The molecule has 1 aliphatic rings. The number of H-pyrrole nitrogens is 1. The summed E-state index contributed by atoms with van der Waals surface area (Å²) in [5.41, 5.74) is 1.78. The van der Waals surface area contributed by atoms with Gasteiger partial charge in [-0.25, -0.2) is 0 Å². The van der Waals surface area contributed by atoms with E-state index in [4.69, 9.17) is 0 Å². The zero-order valence-corrected chi connectivity index (χ0v) is 16.0. The molecule has 2 heterocycles. The summed E-state index contributed by atoms with van der Waals surface area (Å²) in [7, 11) is 3.63. The molecule has 7 heteroatoms. The molecule has 3 N–H and O–H groups in total. The van der Waals surface area contributed by atoms with Crippen molar-refractivity contribution in [1.29, 1.82) is 0 Å². The second kappa shape index (κ2) is 7.92. The van der Waals surface area contributed by atoms with Crippen LogP contribution in [0.15, 0.2) is 29.1 Å². The Balaban J connectivity index is 1.70. The molecule has 1 saturated heterocycles. The molecule has 0 bridgehead atoms. The highest BCUT2D eigenvalue weighted by atomic mass is 16.2. The van der Waals surface area contributed by atoms with Crippen molar-refractivity contribution >= 4 is 22.7 Å². The van der Waals surface area contributed by atoms with Crippen LogP contribution in [0.5, 0.6) is 0 Å². The van der Waals surface area contributed by atoms with E-state index in [1.165, 1.54) is 6.07 Å². The topological polar surface area (TPSA) is 94.3 Å². The number of amides is 2. The van der Waals surface area contributed by atoms with Crippen molar-refractivity contribution in [3.63, 3.8) is 0 Å². The molecule has 0 aliphatic carbocycles. The summed E-state index contributed by atoms with van der Waals surface area (Å²) in [5.74, 6) is -0.221. The first-order valence-electron chi connectivity index (χ1n) is 9.23. The molecule has 2 aromatic rings. The Labute approximate surface area is 158 Å². The summed E-state index contributed by atoms with van der Waals surface area (Å²) < 4.78 is 0. The highest BCUT2D eigenvalue weighted by Crippen LogP contribution is 2.24. The summed E-state index contributed by atoms with van der Waals surface area (Å²) in [4.78, 5) is 41.2. The molecule has 2 atom stereocenters. The molecule has 144 valence electrons. The molecule has 27 heavy (non-hydrogen) atoms. The average Bonchev–Trinajstić information content (AvgIpc) is 2.99.